The van der Waals surface area contributed by atoms with Gasteiger partial charge in [0.25, 0.3) is 11.5 Å². The molecule has 1 aliphatic heterocycles. The minimum absolute atomic E-state index is 0.280. The fourth-order valence-corrected chi connectivity index (χ4v) is 2.24. The Labute approximate surface area is 143 Å². The summed E-state index contributed by atoms with van der Waals surface area (Å²) in [5, 5.41) is 29.0. The number of nitrogens with two attached hydrogens (primary N) is 1. The lowest BCUT2D eigenvalue weighted by Gasteiger charge is -2.18. The van der Waals surface area contributed by atoms with Gasteiger partial charge in [-0.1, -0.05) is 20.8 Å². The van der Waals surface area contributed by atoms with Gasteiger partial charge in [-0.3, -0.25) is 14.2 Å². The molecule has 2 heterocycles. The summed E-state index contributed by atoms with van der Waals surface area (Å²) in [7, 11) is 0. The Kier molecular flexibility index (Phi) is 5.37. The first-order valence-corrected chi connectivity index (χ1v) is 7.66. The summed E-state index contributed by atoms with van der Waals surface area (Å²) >= 11 is 0. The van der Waals surface area contributed by atoms with Gasteiger partial charge in [-0.2, -0.15) is 4.99 Å². The molecule has 5 N–H and O–H groups in total. The fraction of sp³-hybridized carbons (Fsp3) is 0.600. The van der Waals surface area contributed by atoms with Crippen molar-refractivity contribution in [2.24, 2.45) is 16.1 Å². The summed E-state index contributed by atoms with van der Waals surface area (Å²) in [4.78, 5) is 32.1. The van der Waals surface area contributed by atoms with E-state index < -0.39 is 48.0 Å². The molecule has 1 amide bonds. The van der Waals surface area contributed by atoms with E-state index in [0.717, 1.165) is 4.57 Å². The maximum atomic E-state index is 12.6. The number of amidine groups is 1. The second-order valence-electron chi connectivity index (χ2n) is 6.77. The van der Waals surface area contributed by atoms with Crippen LogP contribution in [0.1, 0.15) is 32.7 Å². The lowest BCUT2D eigenvalue weighted by Crippen LogP contribution is -2.38. The highest BCUT2D eigenvalue weighted by atomic mass is 16.6. The molecule has 4 atom stereocenters. The first-order valence-electron chi connectivity index (χ1n) is 7.66. The maximum Gasteiger partial charge on any atom is 0.282 e. The van der Waals surface area contributed by atoms with Crippen LogP contribution in [0, 0.1) is 5.41 Å². The number of hydrogen-bond donors (Lipinski definition) is 4. The van der Waals surface area contributed by atoms with Crippen LogP contribution in [0.5, 0.6) is 0 Å². The molecule has 10 nitrogen and oxygen atoms in total. The molecule has 25 heavy (non-hydrogen) atoms. The van der Waals surface area contributed by atoms with Crippen molar-refractivity contribution in [1.82, 2.24) is 9.55 Å². The molecule has 0 saturated carbocycles. The van der Waals surface area contributed by atoms with Crippen molar-refractivity contribution in [3.05, 3.63) is 28.4 Å². The largest absolute Gasteiger partial charge is 0.394 e. The summed E-state index contributed by atoms with van der Waals surface area (Å²) in [5.74, 6) is -0.875. The molecule has 1 aliphatic rings. The van der Waals surface area contributed by atoms with Crippen LogP contribution in [0.25, 0.3) is 0 Å². The van der Waals surface area contributed by atoms with Gasteiger partial charge < -0.3 is 25.8 Å². The SMILES string of the molecule is CC(C)(C)C(=O)N=C(N)c1nccn(C2OC(CO)C(O)C2O)c1=O. The Hall–Kier alpha value is -2.14. The first-order chi connectivity index (χ1) is 11.6. The average molecular weight is 354 g/mol. The first kappa shape index (κ1) is 19.2. The molecule has 2 rings (SSSR count). The number of aromatic nitrogens is 2. The number of rotatable bonds is 3. The molecule has 0 bridgehead atoms. The summed E-state index contributed by atoms with van der Waals surface area (Å²) in [6.45, 7) is 4.44. The lowest BCUT2D eigenvalue weighted by atomic mass is 9.96. The van der Waals surface area contributed by atoms with E-state index in [1.165, 1.54) is 12.4 Å². The van der Waals surface area contributed by atoms with Crippen LogP contribution in [0.4, 0.5) is 0 Å². The van der Waals surface area contributed by atoms with Gasteiger partial charge in [0, 0.05) is 17.8 Å². The zero-order chi connectivity index (χ0) is 18.9. The van der Waals surface area contributed by atoms with Gasteiger partial charge in [-0.25, -0.2) is 4.98 Å². The van der Waals surface area contributed by atoms with E-state index in [2.05, 4.69) is 9.98 Å². The summed E-state index contributed by atoms with van der Waals surface area (Å²) < 4.78 is 6.29. The predicted octanol–water partition coefficient (Wildman–Crippen LogP) is -1.87. The molecule has 1 saturated heterocycles. The van der Waals surface area contributed by atoms with Gasteiger partial charge in [-0.05, 0) is 0 Å². The van der Waals surface area contributed by atoms with Gasteiger partial charge in [0.2, 0.25) is 0 Å². The van der Waals surface area contributed by atoms with Crippen LogP contribution in [0.15, 0.2) is 22.2 Å². The molecule has 0 spiro atoms. The summed E-state index contributed by atoms with van der Waals surface area (Å²) in [5.41, 5.74) is 3.93. The zero-order valence-corrected chi connectivity index (χ0v) is 14.2. The van der Waals surface area contributed by atoms with Crippen molar-refractivity contribution in [2.45, 2.75) is 45.3 Å². The van der Waals surface area contributed by atoms with Crippen LogP contribution in [-0.2, 0) is 9.53 Å². The molecule has 1 aromatic rings. The summed E-state index contributed by atoms with van der Waals surface area (Å²) in [6.07, 6.45) is -2.57. The molecule has 1 aromatic heterocycles. The molecular formula is C15H22N4O6. The zero-order valence-electron chi connectivity index (χ0n) is 14.2. The van der Waals surface area contributed by atoms with Crippen LogP contribution < -0.4 is 11.3 Å². The molecule has 0 radical (unpaired) electrons. The second-order valence-corrected chi connectivity index (χ2v) is 6.77. The number of ether oxygens (including phenoxy) is 1. The van der Waals surface area contributed by atoms with E-state index in [-0.39, 0.29) is 11.5 Å². The number of hydrogen-bond acceptors (Lipinski definition) is 7. The highest BCUT2D eigenvalue weighted by Gasteiger charge is 2.43. The number of amides is 1. The average Bonchev–Trinajstić information content (AvgIpc) is 2.82. The van der Waals surface area contributed by atoms with Gasteiger partial charge in [0.15, 0.2) is 17.8 Å². The molecule has 0 aromatic carbocycles. The number of nitrogens with zero attached hydrogens (tertiary/aromatic N) is 3. The second kappa shape index (κ2) is 7.00. The molecular weight excluding hydrogens is 332 g/mol. The standard InChI is InChI=1S/C15H22N4O6/c1-15(2,3)14(24)18-11(16)8-12(23)19(5-4-17-8)13-10(22)9(21)7(6-20)25-13/h4-5,7,9-10,13,20-22H,6H2,1-3H3,(H2,16,18,24). The summed E-state index contributed by atoms with van der Waals surface area (Å²) in [6, 6.07) is 0. The van der Waals surface area contributed by atoms with E-state index >= 15 is 0 Å². The van der Waals surface area contributed by atoms with Crippen molar-refractivity contribution in [3.63, 3.8) is 0 Å². The third kappa shape index (κ3) is 3.76. The van der Waals surface area contributed by atoms with Crippen LogP contribution in [-0.4, -0.2) is 61.5 Å². The Balaban J connectivity index is 2.40. The van der Waals surface area contributed by atoms with E-state index in [9.17, 15) is 19.8 Å². The Morgan fingerprint density at radius 2 is 2.04 bits per heavy atom. The van der Waals surface area contributed by atoms with Crippen molar-refractivity contribution in [1.29, 1.82) is 0 Å². The third-order valence-corrected chi connectivity index (χ3v) is 3.77. The molecule has 0 aliphatic carbocycles. The van der Waals surface area contributed by atoms with Crippen LogP contribution in [0.2, 0.25) is 0 Å². The molecule has 10 heteroatoms. The van der Waals surface area contributed by atoms with Crippen LogP contribution in [0.3, 0.4) is 0 Å². The topological polar surface area (TPSA) is 160 Å². The number of carbonyl (C=O) groups is 1. The Morgan fingerprint density at radius 1 is 1.40 bits per heavy atom. The minimum atomic E-state index is -1.43. The quantitative estimate of drug-likeness (QED) is 0.363. The fourth-order valence-electron chi connectivity index (χ4n) is 2.24. The Morgan fingerprint density at radius 3 is 2.56 bits per heavy atom. The van der Waals surface area contributed by atoms with E-state index in [4.69, 9.17) is 15.6 Å². The molecule has 4 unspecified atom stereocenters. The number of aliphatic hydroxyl groups excluding tert-OH is 3. The van der Waals surface area contributed by atoms with Gasteiger partial charge >= 0.3 is 0 Å². The smallest absolute Gasteiger partial charge is 0.282 e. The highest BCUT2D eigenvalue weighted by Crippen LogP contribution is 2.28. The molecule has 1 fully saturated rings. The predicted molar refractivity (Wildman–Crippen MR) is 86.7 cm³/mol. The lowest BCUT2D eigenvalue weighted by molar-refractivity contribution is -0.124. The van der Waals surface area contributed by atoms with Crippen molar-refractivity contribution in [3.8, 4) is 0 Å². The normalized spacial score (nSPS) is 27.5. The van der Waals surface area contributed by atoms with Crippen molar-refractivity contribution < 1.29 is 24.9 Å². The third-order valence-electron chi connectivity index (χ3n) is 3.77. The molecule has 138 valence electrons. The van der Waals surface area contributed by atoms with Gasteiger partial charge in [0.05, 0.1) is 6.61 Å². The Bertz CT molecular complexity index is 738. The highest BCUT2D eigenvalue weighted by molar-refractivity contribution is 6.03. The van der Waals surface area contributed by atoms with E-state index in [0.29, 0.717) is 0 Å². The number of carbonyl (C=O) groups excluding carboxylic acids is 1. The minimum Gasteiger partial charge on any atom is -0.394 e. The van der Waals surface area contributed by atoms with E-state index in [1.807, 2.05) is 0 Å². The number of aliphatic hydroxyl groups is 3. The van der Waals surface area contributed by atoms with Crippen molar-refractivity contribution in [2.75, 3.05) is 6.61 Å². The maximum absolute atomic E-state index is 12.6. The number of aliphatic imine (C=N–C) groups is 1. The van der Waals surface area contributed by atoms with Crippen molar-refractivity contribution >= 4 is 11.7 Å². The van der Waals surface area contributed by atoms with E-state index in [1.54, 1.807) is 20.8 Å². The van der Waals surface area contributed by atoms with Crippen LogP contribution >= 0.6 is 0 Å². The van der Waals surface area contributed by atoms with Gasteiger partial charge in [-0.15, -0.1) is 0 Å². The monoisotopic (exact) mass is 354 g/mol. The van der Waals surface area contributed by atoms with Gasteiger partial charge in [0.1, 0.15) is 18.3 Å².